The minimum Gasteiger partial charge on any atom is -0.389 e. The van der Waals surface area contributed by atoms with E-state index in [4.69, 9.17) is 14.2 Å². The highest BCUT2D eigenvalue weighted by Crippen LogP contribution is 2.36. The van der Waals surface area contributed by atoms with Gasteiger partial charge in [-0.2, -0.15) is 5.10 Å². The highest BCUT2D eigenvalue weighted by Gasteiger charge is 2.51. The van der Waals surface area contributed by atoms with Crippen molar-refractivity contribution in [1.82, 2.24) is 15.1 Å². The second-order valence-electron chi connectivity index (χ2n) is 6.43. The molecule has 3 aliphatic heterocycles. The number of fused-ring (bicyclic) bond motifs is 2. The molecule has 7 heteroatoms. The van der Waals surface area contributed by atoms with Gasteiger partial charge in [0.05, 0.1) is 24.9 Å². The molecule has 3 fully saturated rings. The van der Waals surface area contributed by atoms with E-state index in [1.54, 1.807) is 10.9 Å². The zero-order valence-electron chi connectivity index (χ0n) is 12.7. The van der Waals surface area contributed by atoms with Gasteiger partial charge >= 0.3 is 0 Å². The molecule has 1 aromatic rings. The maximum atomic E-state index is 10.9. The molecule has 5 atom stereocenters. The lowest BCUT2D eigenvalue weighted by atomic mass is 9.94. The summed E-state index contributed by atoms with van der Waals surface area (Å²) in [4.78, 5) is 0. The second-order valence-corrected chi connectivity index (χ2v) is 6.43. The molecular formula is C15H23N3O4. The van der Waals surface area contributed by atoms with E-state index in [0.717, 1.165) is 31.6 Å². The number of rotatable bonds is 3. The molecule has 122 valence electrons. The van der Waals surface area contributed by atoms with E-state index in [9.17, 15) is 5.11 Å². The van der Waals surface area contributed by atoms with E-state index in [1.165, 1.54) is 0 Å². The SMILES string of the molecule is Cc1cnn([C@H]2[C@@H]3OC[C@@H](O3)[C@@H](NC3CCOCC3)[C@@H]2O)c1. The monoisotopic (exact) mass is 309 g/mol. The molecule has 2 bridgehead atoms. The molecule has 22 heavy (non-hydrogen) atoms. The average Bonchev–Trinajstić information content (AvgIpc) is 3.13. The summed E-state index contributed by atoms with van der Waals surface area (Å²) in [5.74, 6) is 0. The molecule has 7 nitrogen and oxygen atoms in total. The van der Waals surface area contributed by atoms with Crippen molar-refractivity contribution in [1.29, 1.82) is 0 Å². The van der Waals surface area contributed by atoms with Gasteiger partial charge in [-0.15, -0.1) is 0 Å². The number of aliphatic hydroxyl groups excluding tert-OH is 1. The van der Waals surface area contributed by atoms with Gasteiger partial charge in [0.1, 0.15) is 12.1 Å². The van der Waals surface area contributed by atoms with Gasteiger partial charge in [-0.05, 0) is 25.3 Å². The Morgan fingerprint density at radius 1 is 1.36 bits per heavy atom. The number of hydrogen-bond acceptors (Lipinski definition) is 6. The lowest BCUT2D eigenvalue weighted by Gasteiger charge is -2.40. The predicted molar refractivity (Wildman–Crippen MR) is 77.4 cm³/mol. The van der Waals surface area contributed by atoms with E-state index < -0.39 is 12.4 Å². The molecule has 4 heterocycles. The van der Waals surface area contributed by atoms with Crippen LogP contribution < -0.4 is 5.32 Å². The first-order valence-electron chi connectivity index (χ1n) is 8.02. The van der Waals surface area contributed by atoms with Crippen molar-refractivity contribution in [3.63, 3.8) is 0 Å². The molecule has 0 amide bonds. The highest BCUT2D eigenvalue weighted by atomic mass is 16.7. The summed E-state index contributed by atoms with van der Waals surface area (Å²) in [6.07, 6.45) is 4.52. The molecule has 0 unspecified atom stereocenters. The van der Waals surface area contributed by atoms with E-state index in [0.29, 0.717) is 12.6 Å². The summed E-state index contributed by atoms with van der Waals surface area (Å²) in [7, 11) is 0. The lowest BCUT2D eigenvalue weighted by Crippen LogP contribution is -2.60. The van der Waals surface area contributed by atoms with Gasteiger partial charge in [-0.25, -0.2) is 0 Å². The maximum absolute atomic E-state index is 10.9. The van der Waals surface area contributed by atoms with E-state index in [-0.39, 0.29) is 18.2 Å². The smallest absolute Gasteiger partial charge is 0.183 e. The maximum Gasteiger partial charge on any atom is 0.183 e. The zero-order valence-corrected chi connectivity index (χ0v) is 12.7. The number of aryl methyl sites for hydroxylation is 1. The Labute approximate surface area is 129 Å². The van der Waals surface area contributed by atoms with Gasteiger partial charge in [0.25, 0.3) is 0 Å². The zero-order chi connectivity index (χ0) is 15.1. The highest BCUT2D eigenvalue weighted by molar-refractivity contribution is 5.05. The molecule has 0 aromatic carbocycles. The first kappa shape index (κ1) is 14.6. The van der Waals surface area contributed by atoms with Crippen LogP contribution in [0.5, 0.6) is 0 Å². The van der Waals surface area contributed by atoms with Gasteiger partial charge in [0.15, 0.2) is 6.29 Å². The molecule has 1 aromatic heterocycles. The molecule has 3 saturated heterocycles. The third-order valence-electron chi connectivity index (χ3n) is 4.82. The Morgan fingerprint density at radius 3 is 2.91 bits per heavy atom. The predicted octanol–water partition coefficient (Wildman–Crippen LogP) is -0.0142. The van der Waals surface area contributed by atoms with Crippen LogP contribution >= 0.6 is 0 Å². The van der Waals surface area contributed by atoms with Crippen LogP contribution in [0.25, 0.3) is 0 Å². The second kappa shape index (κ2) is 5.90. The van der Waals surface area contributed by atoms with Crippen molar-refractivity contribution in [2.24, 2.45) is 0 Å². The minimum atomic E-state index is -0.589. The van der Waals surface area contributed by atoms with Crippen LogP contribution in [-0.2, 0) is 14.2 Å². The van der Waals surface area contributed by atoms with Crippen LogP contribution in [0.3, 0.4) is 0 Å². The van der Waals surface area contributed by atoms with Crippen LogP contribution in [-0.4, -0.2) is 65.3 Å². The van der Waals surface area contributed by atoms with E-state index in [1.807, 2.05) is 13.1 Å². The fourth-order valence-corrected chi connectivity index (χ4v) is 3.62. The fraction of sp³-hybridized carbons (Fsp3) is 0.800. The molecule has 0 radical (unpaired) electrons. The van der Waals surface area contributed by atoms with Crippen molar-refractivity contribution < 1.29 is 19.3 Å². The molecule has 2 N–H and O–H groups in total. The van der Waals surface area contributed by atoms with Crippen molar-refractivity contribution in [2.75, 3.05) is 19.8 Å². The van der Waals surface area contributed by atoms with Crippen LogP contribution in [0.15, 0.2) is 12.4 Å². The number of nitrogens with one attached hydrogen (secondary N) is 1. The first-order chi connectivity index (χ1) is 10.7. The Hall–Kier alpha value is -0.990. The van der Waals surface area contributed by atoms with Crippen LogP contribution in [0.4, 0.5) is 0 Å². The number of aromatic nitrogens is 2. The van der Waals surface area contributed by atoms with Gasteiger partial charge < -0.3 is 24.6 Å². The quantitative estimate of drug-likeness (QED) is 0.817. The summed E-state index contributed by atoms with van der Waals surface area (Å²) in [6, 6.07) is -0.102. The van der Waals surface area contributed by atoms with E-state index >= 15 is 0 Å². The van der Waals surface area contributed by atoms with Gasteiger partial charge in [0, 0.05) is 25.5 Å². The molecular weight excluding hydrogens is 286 g/mol. The van der Waals surface area contributed by atoms with Crippen molar-refractivity contribution in [2.45, 2.75) is 56.4 Å². The Morgan fingerprint density at radius 2 is 2.18 bits per heavy atom. The lowest BCUT2D eigenvalue weighted by molar-refractivity contribution is -0.169. The Bertz CT molecular complexity index is 517. The van der Waals surface area contributed by atoms with Crippen molar-refractivity contribution in [3.8, 4) is 0 Å². The summed E-state index contributed by atoms with van der Waals surface area (Å²) >= 11 is 0. The summed E-state index contributed by atoms with van der Waals surface area (Å²) in [6.45, 7) is 4.04. The number of hydrogen-bond donors (Lipinski definition) is 2. The third-order valence-corrected chi connectivity index (χ3v) is 4.82. The molecule has 0 saturated carbocycles. The fourth-order valence-electron chi connectivity index (χ4n) is 3.62. The largest absolute Gasteiger partial charge is 0.389 e. The number of ether oxygens (including phenoxy) is 3. The molecule has 0 spiro atoms. The van der Waals surface area contributed by atoms with Gasteiger partial charge in [0.2, 0.25) is 0 Å². The van der Waals surface area contributed by atoms with Crippen LogP contribution in [0.2, 0.25) is 0 Å². The standard InChI is InChI=1S/C15H23N3O4/c1-9-6-16-18(7-9)13-14(19)12(11-8-21-15(13)22-11)17-10-2-4-20-5-3-10/h6-7,10-15,17,19H,2-5,8H2,1H3/t11-,12-,13-,14+,15-/m1/s1. The molecule has 3 aliphatic rings. The van der Waals surface area contributed by atoms with Crippen molar-refractivity contribution in [3.05, 3.63) is 18.0 Å². The summed E-state index contributed by atoms with van der Waals surface area (Å²) in [5.41, 5.74) is 1.06. The van der Waals surface area contributed by atoms with E-state index in [2.05, 4.69) is 10.4 Å². The topological polar surface area (TPSA) is 77.8 Å². The third kappa shape index (κ3) is 2.57. The Kier molecular flexibility index (Phi) is 3.91. The first-order valence-corrected chi connectivity index (χ1v) is 8.02. The number of nitrogens with zero attached hydrogens (tertiary/aromatic N) is 2. The normalized spacial score (nSPS) is 39.3. The van der Waals surface area contributed by atoms with Gasteiger partial charge in [-0.1, -0.05) is 0 Å². The Balaban J connectivity index is 1.53. The summed E-state index contributed by atoms with van der Waals surface area (Å²) < 4.78 is 18.9. The van der Waals surface area contributed by atoms with Crippen LogP contribution in [0, 0.1) is 6.92 Å². The molecule has 4 rings (SSSR count). The number of aliphatic hydroxyl groups is 1. The summed E-state index contributed by atoms with van der Waals surface area (Å²) in [5, 5.41) is 18.8. The minimum absolute atomic E-state index is 0.101. The van der Waals surface area contributed by atoms with Gasteiger partial charge in [-0.3, -0.25) is 4.68 Å². The van der Waals surface area contributed by atoms with Crippen molar-refractivity contribution >= 4 is 0 Å². The van der Waals surface area contributed by atoms with Crippen LogP contribution in [0.1, 0.15) is 24.4 Å². The average molecular weight is 309 g/mol. The molecule has 0 aliphatic carbocycles.